The van der Waals surface area contributed by atoms with Gasteiger partial charge < -0.3 is 9.88 Å². The monoisotopic (exact) mass is 331 g/mol. The normalized spacial score (nSPS) is 14.4. The number of hydrogen-bond acceptors (Lipinski definition) is 3. The van der Waals surface area contributed by atoms with E-state index in [9.17, 15) is 9.59 Å². The van der Waals surface area contributed by atoms with Crippen molar-refractivity contribution >= 4 is 22.4 Å². The molecule has 1 N–H and O–H groups in total. The lowest BCUT2D eigenvalue weighted by Gasteiger charge is -2.27. The Bertz CT molecular complexity index is 1020. The Kier molecular flexibility index (Phi) is 3.90. The zero-order valence-corrected chi connectivity index (χ0v) is 13.6. The fourth-order valence-electron chi connectivity index (χ4n) is 3.23. The number of aromatic amines is 1. The second-order valence-corrected chi connectivity index (χ2v) is 6.06. The molecule has 1 aliphatic rings. The molecule has 3 aromatic rings. The van der Waals surface area contributed by atoms with Crippen LogP contribution >= 0.6 is 0 Å². The quantitative estimate of drug-likeness (QED) is 0.785. The van der Waals surface area contributed by atoms with Gasteiger partial charge in [-0.25, -0.2) is 0 Å². The van der Waals surface area contributed by atoms with Gasteiger partial charge in [0.15, 0.2) is 0 Å². The molecule has 0 saturated heterocycles. The third-order valence-electron chi connectivity index (χ3n) is 4.54. The van der Waals surface area contributed by atoms with E-state index in [1.807, 2.05) is 29.2 Å². The van der Waals surface area contributed by atoms with Gasteiger partial charge in [0.05, 0.1) is 0 Å². The van der Waals surface area contributed by atoms with E-state index in [-0.39, 0.29) is 11.5 Å². The SMILES string of the molecule is O=C(c1cccc2[nH]c(=O)ccc12)N1CC=C(c2ccncc2)CC1. The molecule has 0 fully saturated rings. The number of carbonyl (C=O) groups excluding carboxylic acids is 1. The highest BCUT2D eigenvalue weighted by molar-refractivity contribution is 6.06. The summed E-state index contributed by atoms with van der Waals surface area (Å²) in [5.41, 5.74) is 3.54. The molecule has 0 atom stereocenters. The van der Waals surface area contributed by atoms with Gasteiger partial charge in [-0.15, -0.1) is 0 Å². The summed E-state index contributed by atoms with van der Waals surface area (Å²) in [5, 5.41) is 0.774. The van der Waals surface area contributed by atoms with Gasteiger partial charge >= 0.3 is 0 Å². The second kappa shape index (κ2) is 6.36. The van der Waals surface area contributed by atoms with Crippen molar-refractivity contribution in [1.29, 1.82) is 0 Å². The molecule has 5 nitrogen and oxygen atoms in total. The Labute approximate surface area is 144 Å². The molecule has 0 saturated carbocycles. The van der Waals surface area contributed by atoms with Crippen LogP contribution in [-0.4, -0.2) is 33.9 Å². The van der Waals surface area contributed by atoms with Gasteiger partial charge in [0.25, 0.3) is 5.91 Å². The summed E-state index contributed by atoms with van der Waals surface area (Å²) in [7, 11) is 0. The van der Waals surface area contributed by atoms with Gasteiger partial charge in [0, 0.05) is 48.0 Å². The lowest BCUT2D eigenvalue weighted by Crippen LogP contribution is -2.34. The summed E-state index contributed by atoms with van der Waals surface area (Å²) in [5.74, 6) is -0.0114. The van der Waals surface area contributed by atoms with Crippen LogP contribution in [0.4, 0.5) is 0 Å². The first kappa shape index (κ1) is 15.3. The van der Waals surface area contributed by atoms with Crippen molar-refractivity contribution in [2.75, 3.05) is 13.1 Å². The van der Waals surface area contributed by atoms with Crippen LogP contribution in [0.3, 0.4) is 0 Å². The van der Waals surface area contributed by atoms with E-state index < -0.39 is 0 Å². The van der Waals surface area contributed by atoms with Gasteiger partial charge in [-0.1, -0.05) is 12.1 Å². The van der Waals surface area contributed by atoms with Crippen LogP contribution in [0.2, 0.25) is 0 Å². The van der Waals surface area contributed by atoms with Gasteiger partial charge in [-0.2, -0.15) is 0 Å². The number of carbonyl (C=O) groups is 1. The fourth-order valence-corrected chi connectivity index (χ4v) is 3.23. The number of H-pyrrole nitrogens is 1. The standard InChI is InChI=1S/C20H17N3O2/c24-19-5-4-16-17(2-1-3-18(16)22-19)20(25)23-12-8-15(9-13-23)14-6-10-21-11-7-14/h1-8,10-11H,9,12-13H2,(H,22,24). The average molecular weight is 331 g/mol. The molecule has 1 aromatic carbocycles. The van der Waals surface area contributed by atoms with Crippen LogP contribution in [0.15, 0.2) is 65.7 Å². The summed E-state index contributed by atoms with van der Waals surface area (Å²) >= 11 is 0. The Morgan fingerprint density at radius 3 is 2.68 bits per heavy atom. The molecular weight excluding hydrogens is 314 g/mol. The summed E-state index contributed by atoms with van der Waals surface area (Å²) in [6.45, 7) is 1.25. The van der Waals surface area contributed by atoms with Crippen LogP contribution in [0.25, 0.3) is 16.5 Å². The molecule has 1 aliphatic heterocycles. The van der Waals surface area contributed by atoms with E-state index in [1.165, 1.54) is 11.6 Å². The number of fused-ring (bicyclic) bond motifs is 1. The molecule has 0 spiro atoms. The molecular formula is C20H17N3O2. The van der Waals surface area contributed by atoms with Gasteiger partial charge in [0.1, 0.15) is 0 Å². The highest BCUT2D eigenvalue weighted by atomic mass is 16.2. The molecule has 5 heteroatoms. The largest absolute Gasteiger partial charge is 0.335 e. The Morgan fingerprint density at radius 1 is 1.08 bits per heavy atom. The van der Waals surface area contributed by atoms with Crippen LogP contribution < -0.4 is 5.56 Å². The average Bonchev–Trinajstić information content (AvgIpc) is 2.67. The lowest BCUT2D eigenvalue weighted by atomic mass is 9.99. The van der Waals surface area contributed by atoms with Gasteiger partial charge in [0.2, 0.25) is 5.56 Å². The maximum atomic E-state index is 12.9. The molecule has 3 heterocycles. The van der Waals surface area contributed by atoms with E-state index in [4.69, 9.17) is 0 Å². The second-order valence-electron chi connectivity index (χ2n) is 6.06. The Morgan fingerprint density at radius 2 is 1.92 bits per heavy atom. The highest BCUT2D eigenvalue weighted by Crippen LogP contribution is 2.24. The summed E-state index contributed by atoms with van der Waals surface area (Å²) < 4.78 is 0. The van der Waals surface area contributed by atoms with E-state index in [2.05, 4.69) is 16.0 Å². The third kappa shape index (κ3) is 2.96. The number of rotatable bonds is 2. The first-order valence-electron chi connectivity index (χ1n) is 8.23. The number of pyridine rings is 2. The number of benzene rings is 1. The fraction of sp³-hybridized carbons (Fsp3) is 0.150. The minimum atomic E-state index is -0.167. The lowest BCUT2D eigenvalue weighted by molar-refractivity contribution is 0.0775. The van der Waals surface area contributed by atoms with Crippen molar-refractivity contribution in [2.45, 2.75) is 6.42 Å². The van der Waals surface area contributed by atoms with Crippen LogP contribution in [0, 0.1) is 0 Å². The molecule has 4 rings (SSSR count). The molecule has 25 heavy (non-hydrogen) atoms. The smallest absolute Gasteiger partial charge is 0.254 e. The molecule has 0 unspecified atom stereocenters. The summed E-state index contributed by atoms with van der Waals surface area (Å²) in [4.78, 5) is 33.1. The van der Waals surface area contributed by atoms with Gasteiger partial charge in [-0.05, 0) is 47.9 Å². The number of hydrogen-bond donors (Lipinski definition) is 1. The van der Waals surface area contributed by atoms with Crippen LogP contribution in [0.1, 0.15) is 22.3 Å². The van der Waals surface area contributed by atoms with Crippen molar-refractivity contribution in [3.8, 4) is 0 Å². The van der Waals surface area contributed by atoms with Crippen LogP contribution in [0.5, 0.6) is 0 Å². The number of nitrogens with one attached hydrogen (secondary N) is 1. The molecule has 0 radical (unpaired) electrons. The Hall–Kier alpha value is -3.21. The number of nitrogens with zero attached hydrogens (tertiary/aromatic N) is 2. The zero-order valence-electron chi connectivity index (χ0n) is 13.6. The predicted molar refractivity (Wildman–Crippen MR) is 97.3 cm³/mol. The number of amides is 1. The third-order valence-corrected chi connectivity index (χ3v) is 4.54. The van der Waals surface area contributed by atoms with Crippen molar-refractivity contribution in [3.63, 3.8) is 0 Å². The first-order chi connectivity index (χ1) is 12.2. The Balaban J connectivity index is 1.61. The summed E-state index contributed by atoms with van der Waals surface area (Å²) in [6, 6.07) is 12.6. The maximum Gasteiger partial charge on any atom is 0.254 e. The summed E-state index contributed by atoms with van der Waals surface area (Å²) in [6.07, 6.45) is 6.48. The van der Waals surface area contributed by atoms with E-state index in [0.29, 0.717) is 24.2 Å². The molecule has 2 aromatic heterocycles. The van der Waals surface area contributed by atoms with Crippen molar-refractivity contribution in [1.82, 2.24) is 14.9 Å². The van der Waals surface area contributed by atoms with Crippen LogP contribution in [-0.2, 0) is 0 Å². The molecule has 1 amide bonds. The maximum absolute atomic E-state index is 12.9. The minimum absolute atomic E-state index is 0.0114. The zero-order chi connectivity index (χ0) is 17.2. The van der Waals surface area contributed by atoms with E-state index in [0.717, 1.165) is 17.4 Å². The van der Waals surface area contributed by atoms with E-state index in [1.54, 1.807) is 24.5 Å². The number of aromatic nitrogens is 2. The predicted octanol–water partition coefficient (Wildman–Crippen LogP) is 2.85. The van der Waals surface area contributed by atoms with Gasteiger partial charge in [-0.3, -0.25) is 14.6 Å². The minimum Gasteiger partial charge on any atom is -0.335 e. The van der Waals surface area contributed by atoms with Crippen molar-refractivity contribution < 1.29 is 4.79 Å². The van der Waals surface area contributed by atoms with Crippen molar-refractivity contribution in [3.05, 3.63) is 82.4 Å². The van der Waals surface area contributed by atoms with E-state index >= 15 is 0 Å². The highest BCUT2D eigenvalue weighted by Gasteiger charge is 2.20. The van der Waals surface area contributed by atoms with Crippen molar-refractivity contribution in [2.24, 2.45) is 0 Å². The topological polar surface area (TPSA) is 66.1 Å². The first-order valence-corrected chi connectivity index (χ1v) is 8.23. The molecule has 0 bridgehead atoms. The molecule has 0 aliphatic carbocycles. The molecule has 124 valence electrons.